The Morgan fingerprint density at radius 1 is 1.36 bits per heavy atom. The van der Waals surface area contributed by atoms with Crippen LogP contribution in [0, 0.1) is 0 Å². The molecular weight excluding hydrogens is 182 g/mol. The molecule has 4 heteroatoms. The molecule has 14 heavy (non-hydrogen) atoms. The highest BCUT2D eigenvalue weighted by Gasteiger charge is 2.16. The van der Waals surface area contributed by atoms with Gasteiger partial charge in [-0.2, -0.15) is 0 Å². The maximum atomic E-state index is 5.61. The van der Waals surface area contributed by atoms with Crippen molar-refractivity contribution in [3.05, 3.63) is 17.7 Å². The fourth-order valence-electron chi connectivity index (χ4n) is 1.47. The summed E-state index contributed by atoms with van der Waals surface area (Å²) in [7, 11) is 1.62. The van der Waals surface area contributed by atoms with Crippen molar-refractivity contribution in [1.82, 2.24) is 0 Å². The SMILES string of the molecule is COc1cc(CN)c2c(c1)OCCO2. The van der Waals surface area contributed by atoms with Crippen molar-refractivity contribution in [3.8, 4) is 17.2 Å². The maximum absolute atomic E-state index is 5.61. The second-order valence-electron chi connectivity index (χ2n) is 3.01. The van der Waals surface area contributed by atoms with E-state index in [0.717, 1.165) is 22.8 Å². The smallest absolute Gasteiger partial charge is 0.166 e. The Bertz CT molecular complexity index is 321. The van der Waals surface area contributed by atoms with Crippen LogP contribution in [-0.4, -0.2) is 20.3 Å². The molecule has 0 aliphatic carbocycles. The van der Waals surface area contributed by atoms with E-state index >= 15 is 0 Å². The summed E-state index contributed by atoms with van der Waals surface area (Å²) in [6.45, 7) is 1.57. The molecule has 1 aromatic carbocycles. The minimum Gasteiger partial charge on any atom is -0.497 e. The first-order valence-electron chi connectivity index (χ1n) is 4.51. The van der Waals surface area contributed by atoms with Crippen LogP contribution >= 0.6 is 0 Å². The predicted molar refractivity (Wildman–Crippen MR) is 51.9 cm³/mol. The molecule has 1 aliphatic rings. The molecule has 0 amide bonds. The summed E-state index contributed by atoms with van der Waals surface area (Å²) in [5.41, 5.74) is 6.52. The van der Waals surface area contributed by atoms with E-state index in [4.69, 9.17) is 19.9 Å². The van der Waals surface area contributed by atoms with E-state index in [-0.39, 0.29) is 0 Å². The topological polar surface area (TPSA) is 53.7 Å². The third-order valence-electron chi connectivity index (χ3n) is 2.15. The maximum Gasteiger partial charge on any atom is 0.166 e. The third kappa shape index (κ3) is 1.48. The number of fused-ring (bicyclic) bond motifs is 1. The van der Waals surface area contributed by atoms with Gasteiger partial charge in [0, 0.05) is 18.2 Å². The van der Waals surface area contributed by atoms with Crippen molar-refractivity contribution in [3.63, 3.8) is 0 Å². The van der Waals surface area contributed by atoms with Gasteiger partial charge in [0.05, 0.1) is 7.11 Å². The van der Waals surface area contributed by atoms with Gasteiger partial charge in [-0.25, -0.2) is 0 Å². The van der Waals surface area contributed by atoms with Crippen molar-refractivity contribution >= 4 is 0 Å². The van der Waals surface area contributed by atoms with Crippen LogP contribution in [0.2, 0.25) is 0 Å². The summed E-state index contributed by atoms with van der Waals surface area (Å²) < 4.78 is 16.1. The van der Waals surface area contributed by atoms with Crippen LogP contribution in [0.15, 0.2) is 12.1 Å². The van der Waals surface area contributed by atoms with Crippen LogP contribution in [0.25, 0.3) is 0 Å². The van der Waals surface area contributed by atoms with Gasteiger partial charge in [0.1, 0.15) is 19.0 Å². The Labute approximate surface area is 82.6 Å². The molecule has 0 aromatic heterocycles. The fourth-order valence-corrected chi connectivity index (χ4v) is 1.47. The zero-order valence-electron chi connectivity index (χ0n) is 8.08. The minimum atomic E-state index is 0.420. The van der Waals surface area contributed by atoms with Crippen LogP contribution in [0.1, 0.15) is 5.56 Å². The van der Waals surface area contributed by atoms with Gasteiger partial charge in [-0.3, -0.25) is 0 Å². The number of ether oxygens (including phenoxy) is 3. The molecule has 2 rings (SSSR count). The van der Waals surface area contributed by atoms with E-state index in [0.29, 0.717) is 19.8 Å². The van der Waals surface area contributed by atoms with Crippen LogP contribution in [0.5, 0.6) is 17.2 Å². The summed E-state index contributed by atoms with van der Waals surface area (Å²) in [6, 6.07) is 3.68. The summed E-state index contributed by atoms with van der Waals surface area (Å²) in [5, 5.41) is 0. The fraction of sp³-hybridized carbons (Fsp3) is 0.400. The molecule has 4 nitrogen and oxygen atoms in total. The Kier molecular flexibility index (Phi) is 2.45. The molecule has 0 unspecified atom stereocenters. The lowest BCUT2D eigenvalue weighted by molar-refractivity contribution is 0.169. The Hall–Kier alpha value is -1.42. The average molecular weight is 195 g/mol. The second kappa shape index (κ2) is 3.75. The van der Waals surface area contributed by atoms with E-state index in [1.165, 1.54) is 0 Å². The van der Waals surface area contributed by atoms with Gasteiger partial charge >= 0.3 is 0 Å². The number of methoxy groups -OCH3 is 1. The quantitative estimate of drug-likeness (QED) is 0.762. The molecule has 0 fully saturated rings. The molecule has 76 valence electrons. The number of nitrogens with two attached hydrogens (primary N) is 1. The Morgan fingerprint density at radius 2 is 2.14 bits per heavy atom. The first kappa shape index (κ1) is 9.15. The van der Waals surface area contributed by atoms with Crippen LogP contribution in [-0.2, 0) is 6.54 Å². The molecule has 0 saturated carbocycles. The van der Waals surface area contributed by atoms with Gasteiger partial charge < -0.3 is 19.9 Å². The first-order chi connectivity index (χ1) is 6.85. The van der Waals surface area contributed by atoms with Crippen molar-refractivity contribution in [2.75, 3.05) is 20.3 Å². The third-order valence-corrected chi connectivity index (χ3v) is 2.15. The van der Waals surface area contributed by atoms with Crippen molar-refractivity contribution in [2.45, 2.75) is 6.54 Å². The molecule has 0 bridgehead atoms. The van der Waals surface area contributed by atoms with E-state index in [2.05, 4.69) is 0 Å². The monoisotopic (exact) mass is 195 g/mol. The summed E-state index contributed by atoms with van der Waals surface area (Å²) in [5.74, 6) is 2.21. The van der Waals surface area contributed by atoms with Crippen LogP contribution in [0.4, 0.5) is 0 Å². The Morgan fingerprint density at radius 3 is 2.86 bits per heavy atom. The van der Waals surface area contributed by atoms with Gasteiger partial charge in [0.25, 0.3) is 0 Å². The Balaban J connectivity index is 2.47. The molecule has 0 radical (unpaired) electrons. The molecule has 0 spiro atoms. The van der Waals surface area contributed by atoms with Crippen molar-refractivity contribution in [1.29, 1.82) is 0 Å². The summed E-state index contributed by atoms with van der Waals surface area (Å²) >= 11 is 0. The molecule has 1 aliphatic heterocycles. The van der Waals surface area contributed by atoms with Gasteiger partial charge in [-0.15, -0.1) is 0 Å². The lowest BCUT2D eigenvalue weighted by atomic mass is 10.1. The van der Waals surface area contributed by atoms with Crippen molar-refractivity contribution < 1.29 is 14.2 Å². The lowest BCUT2D eigenvalue weighted by Gasteiger charge is -2.21. The molecule has 0 atom stereocenters. The molecule has 2 N–H and O–H groups in total. The van der Waals surface area contributed by atoms with Gasteiger partial charge in [0.15, 0.2) is 11.5 Å². The number of benzene rings is 1. The molecule has 1 heterocycles. The molecular formula is C10H13NO3. The highest BCUT2D eigenvalue weighted by atomic mass is 16.6. The minimum absolute atomic E-state index is 0.420. The van der Waals surface area contributed by atoms with E-state index in [9.17, 15) is 0 Å². The highest BCUT2D eigenvalue weighted by molar-refractivity contribution is 5.52. The van der Waals surface area contributed by atoms with E-state index < -0.39 is 0 Å². The van der Waals surface area contributed by atoms with Crippen molar-refractivity contribution in [2.24, 2.45) is 5.73 Å². The second-order valence-corrected chi connectivity index (χ2v) is 3.01. The molecule has 1 aromatic rings. The summed E-state index contributed by atoms with van der Waals surface area (Å²) in [4.78, 5) is 0. The zero-order valence-corrected chi connectivity index (χ0v) is 8.08. The lowest BCUT2D eigenvalue weighted by Crippen LogP contribution is -2.17. The first-order valence-corrected chi connectivity index (χ1v) is 4.51. The largest absolute Gasteiger partial charge is 0.497 e. The van der Waals surface area contributed by atoms with Crippen LogP contribution < -0.4 is 19.9 Å². The highest BCUT2D eigenvalue weighted by Crippen LogP contribution is 2.37. The van der Waals surface area contributed by atoms with Gasteiger partial charge in [-0.05, 0) is 6.07 Å². The predicted octanol–water partition coefficient (Wildman–Crippen LogP) is 0.925. The van der Waals surface area contributed by atoms with E-state index in [1.807, 2.05) is 12.1 Å². The normalized spacial score (nSPS) is 13.9. The average Bonchev–Trinajstić information content (AvgIpc) is 2.27. The van der Waals surface area contributed by atoms with Crippen LogP contribution in [0.3, 0.4) is 0 Å². The van der Waals surface area contributed by atoms with Gasteiger partial charge in [0.2, 0.25) is 0 Å². The number of hydrogen-bond donors (Lipinski definition) is 1. The standard InChI is InChI=1S/C10H13NO3/c1-12-8-4-7(6-11)10-9(5-8)13-2-3-14-10/h4-5H,2-3,6,11H2,1H3. The zero-order chi connectivity index (χ0) is 9.97. The summed E-state index contributed by atoms with van der Waals surface area (Å²) in [6.07, 6.45) is 0. The number of hydrogen-bond acceptors (Lipinski definition) is 4. The van der Waals surface area contributed by atoms with Gasteiger partial charge in [-0.1, -0.05) is 0 Å². The molecule has 0 saturated heterocycles. The van der Waals surface area contributed by atoms with E-state index in [1.54, 1.807) is 7.11 Å². The number of rotatable bonds is 2.